The summed E-state index contributed by atoms with van der Waals surface area (Å²) in [6.07, 6.45) is 7.32. The Labute approximate surface area is 74.9 Å². The van der Waals surface area contributed by atoms with Crippen molar-refractivity contribution in [1.82, 2.24) is 0 Å². The van der Waals surface area contributed by atoms with Gasteiger partial charge in [0.05, 0.1) is 0 Å². The minimum absolute atomic E-state index is 0.388. The zero-order valence-corrected chi connectivity index (χ0v) is 8.10. The lowest BCUT2D eigenvalue weighted by Gasteiger charge is -2.00. The van der Waals surface area contributed by atoms with Gasteiger partial charge >= 0.3 is 0 Å². The fourth-order valence-electron chi connectivity index (χ4n) is 1.55. The normalized spacial score (nSPS) is 21.2. The van der Waals surface area contributed by atoms with E-state index in [4.69, 9.17) is 0 Å². The third-order valence-corrected chi connectivity index (χ3v) is 2.34. The number of rotatable bonds is 3. The van der Waals surface area contributed by atoms with Gasteiger partial charge in [-0.05, 0) is 37.2 Å². The first-order chi connectivity index (χ1) is 5.70. The Hall–Kier alpha value is -0.590. The van der Waals surface area contributed by atoms with Crippen molar-refractivity contribution >= 4 is 5.78 Å². The SMILES string of the molecule is CC(C)CC/C=C1/CCCC1=O. The summed E-state index contributed by atoms with van der Waals surface area (Å²) in [4.78, 5) is 11.2. The largest absolute Gasteiger partial charge is 0.295 e. The van der Waals surface area contributed by atoms with E-state index in [1.807, 2.05) is 0 Å². The van der Waals surface area contributed by atoms with Crippen molar-refractivity contribution in [2.75, 3.05) is 0 Å². The van der Waals surface area contributed by atoms with E-state index in [1.165, 1.54) is 6.42 Å². The Bertz CT molecular complexity index is 189. The number of hydrogen-bond acceptors (Lipinski definition) is 1. The van der Waals surface area contributed by atoms with E-state index in [0.29, 0.717) is 5.78 Å². The van der Waals surface area contributed by atoms with Crippen LogP contribution in [-0.2, 0) is 4.79 Å². The van der Waals surface area contributed by atoms with Gasteiger partial charge in [-0.15, -0.1) is 0 Å². The van der Waals surface area contributed by atoms with Crippen LogP contribution >= 0.6 is 0 Å². The second kappa shape index (κ2) is 4.44. The van der Waals surface area contributed by atoms with E-state index in [0.717, 1.165) is 37.2 Å². The van der Waals surface area contributed by atoms with Crippen LogP contribution < -0.4 is 0 Å². The molecule has 0 amide bonds. The summed E-state index contributed by atoms with van der Waals surface area (Å²) in [5.41, 5.74) is 1.09. The molecule has 0 spiro atoms. The molecule has 0 saturated heterocycles. The molecule has 0 aliphatic heterocycles. The maximum absolute atomic E-state index is 11.2. The molecule has 1 saturated carbocycles. The molecule has 1 fully saturated rings. The van der Waals surface area contributed by atoms with Gasteiger partial charge in [-0.3, -0.25) is 4.79 Å². The van der Waals surface area contributed by atoms with E-state index in [2.05, 4.69) is 19.9 Å². The molecule has 68 valence electrons. The number of carbonyl (C=O) groups is 1. The highest BCUT2D eigenvalue weighted by atomic mass is 16.1. The average molecular weight is 166 g/mol. The first-order valence-corrected chi connectivity index (χ1v) is 4.92. The molecule has 0 N–H and O–H groups in total. The summed E-state index contributed by atoms with van der Waals surface area (Å²) in [5.74, 6) is 1.14. The van der Waals surface area contributed by atoms with Crippen LogP contribution in [0.5, 0.6) is 0 Å². The summed E-state index contributed by atoms with van der Waals surface area (Å²) < 4.78 is 0. The molecule has 0 aromatic rings. The summed E-state index contributed by atoms with van der Waals surface area (Å²) in [5, 5.41) is 0. The van der Waals surface area contributed by atoms with Crippen LogP contribution in [0, 0.1) is 5.92 Å². The molecule has 12 heavy (non-hydrogen) atoms. The van der Waals surface area contributed by atoms with Crippen LogP contribution in [0.2, 0.25) is 0 Å². The molecule has 0 unspecified atom stereocenters. The standard InChI is InChI=1S/C11H18O/c1-9(2)5-3-6-10-7-4-8-11(10)12/h6,9H,3-5,7-8H2,1-2H3/b10-6-. The number of ketones is 1. The van der Waals surface area contributed by atoms with Gasteiger partial charge in [-0.2, -0.15) is 0 Å². The van der Waals surface area contributed by atoms with Crippen molar-refractivity contribution in [3.05, 3.63) is 11.6 Å². The smallest absolute Gasteiger partial charge is 0.158 e. The van der Waals surface area contributed by atoms with Crippen LogP contribution in [0.1, 0.15) is 46.0 Å². The van der Waals surface area contributed by atoms with Crippen LogP contribution in [0.15, 0.2) is 11.6 Å². The first kappa shape index (κ1) is 9.50. The molecule has 1 rings (SSSR count). The summed E-state index contributed by atoms with van der Waals surface area (Å²) in [6.45, 7) is 4.43. The third kappa shape index (κ3) is 2.80. The van der Waals surface area contributed by atoms with Crippen LogP contribution in [-0.4, -0.2) is 5.78 Å². The van der Waals surface area contributed by atoms with E-state index < -0.39 is 0 Å². The van der Waals surface area contributed by atoms with Crippen molar-refractivity contribution in [3.8, 4) is 0 Å². The molecule has 0 radical (unpaired) electrons. The van der Waals surface area contributed by atoms with Crippen molar-refractivity contribution in [2.45, 2.75) is 46.0 Å². The summed E-state index contributed by atoms with van der Waals surface area (Å²) in [7, 11) is 0. The highest BCUT2D eigenvalue weighted by molar-refractivity contribution is 5.97. The molecular formula is C11H18O. The molecule has 1 aliphatic rings. The minimum Gasteiger partial charge on any atom is -0.295 e. The van der Waals surface area contributed by atoms with Crippen LogP contribution in [0.3, 0.4) is 0 Å². The molecule has 1 aliphatic carbocycles. The van der Waals surface area contributed by atoms with Gasteiger partial charge in [0.1, 0.15) is 0 Å². The van der Waals surface area contributed by atoms with Gasteiger partial charge in [0, 0.05) is 6.42 Å². The fraction of sp³-hybridized carbons (Fsp3) is 0.727. The number of hydrogen-bond donors (Lipinski definition) is 0. The monoisotopic (exact) mass is 166 g/mol. The second-order valence-electron chi connectivity index (χ2n) is 3.98. The average Bonchev–Trinajstić information content (AvgIpc) is 2.36. The van der Waals surface area contributed by atoms with Gasteiger partial charge in [0.15, 0.2) is 5.78 Å². The zero-order chi connectivity index (χ0) is 8.97. The molecule has 1 heteroatoms. The maximum atomic E-state index is 11.2. The number of carbonyl (C=O) groups excluding carboxylic acids is 1. The number of allylic oxidation sites excluding steroid dienone is 2. The van der Waals surface area contributed by atoms with E-state index in [-0.39, 0.29) is 0 Å². The minimum atomic E-state index is 0.388. The molecule has 0 bridgehead atoms. The lowest BCUT2D eigenvalue weighted by molar-refractivity contribution is -0.114. The molecule has 0 aromatic heterocycles. The Morgan fingerprint density at radius 3 is 2.67 bits per heavy atom. The van der Waals surface area contributed by atoms with E-state index in [9.17, 15) is 4.79 Å². The van der Waals surface area contributed by atoms with Crippen LogP contribution in [0.25, 0.3) is 0 Å². The molecule has 0 heterocycles. The zero-order valence-electron chi connectivity index (χ0n) is 8.10. The van der Waals surface area contributed by atoms with Gasteiger partial charge in [0.2, 0.25) is 0 Å². The summed E-state index contributed by atoms with van der Waals surface area (Å²) in [6, 6.07) is 0. The maximum Gasteiger partial charge on any atom is 0.158 e. The van der Waals surface area contributed by atoms with E-state index in [1.54, 1.807) is 0 Å². The fourth-order valence-corrected chi connectivity index (χ4v) is 1.55. The second-order valence-corrected chi connectivity index (χ2v) is 3.98. The van der Waals surface area contributed by atoms with Gasteiger partial charge in [-0.1, -0.05) is 19.9 Å². The van der Waals surface area contributed by atoms with Crippen LogP contribution in [0.4, 0.5) is 0 Å². The number of Topliss-reactive ketones (excluding diaryl/α,β-unsaturated/α-hetero) is 1. The van der Waals surface area contributed by atoms with Crippen molar-refractivity contribution in [1.29, 1.82) is 0 Å². The predicted octanol–water partition coefficient (Wildman–Crippen LogP) is 3.10. The van der Waals surface area contributed by atoms with Crippen molar-refractivity contribution in [3.63, 3.8) is 0 Å². The van der Waals surface area contributed by atoms with Crippen molar-refractivity contribution in [2.24, 2.45) is 5.92 Å². The molecular weight excluding hydrogens is 148 g/mol. The Morgan fingerprint density at radius 2 is 2.17 bits per heavy atom. The molecule has 0 aromatic carbocycles. The molecule has 1 nitrogen and oxygen atoms in total. The quantitative estimate of drug-likeness (QED) is 0.589. The first-order valence-electron chi connectivity index (χ1n) is 4.92. The Balaban J connectivity index is 2.31. The highest BCUT2D eigenvalue weighted by Gasteiger charge is 2.15. The topological polar surface area (TPSA) is 17.1 Å². The van der Waals surface area contributed by atoms with Crippen molar-refractivity contribution < 1.29 is 4.79 Å². The van der Waals surface area contributed by atoms with Gasteiger partial charge in [0.25, 0.3) is 0 Å². The van der Waals surface area contributed by atoms with Gasteiger partial charge in [-0.25, -0.2) is 0 Å². The Kier molecular flexibility index (Phi) is 3.51. The lowest BCUT2D eigenvalue weighted by atomic mass is 10.1. The highest BCUT2D eigenvalue weighted by Crippen LogP contribution is 2.21. The predicted molar refractivity (Wildman–Crippen MR) is 51.0 cm³/mol. The van der Waals surface area contributed by atoms with Gasteiger partial charge < -0.3 is 0 Å². The molecule has 0 atom stereocenters. The lowest BCUT2D eigenvalue weighted by Crippen LogP contribution is -1.92. The van der Waals surface area contributed by atoms with E-state index >= 15 is 0 Å². The Morgan fingerprint density at radius 1 is 1.42 bits per heavy atom. The third-order valence-electron chi connectivity index (χ3n) is 2.34. The summed E-state index contributed by atoms with van der Waals surface area (Å²) >= 11 is 0.